The lowest BCUT2D eigenvalue weighted by atomic mass is 10.1. The Labute approximate surface area is 59.6 Å². The van der Waals surface area contributed by atoms with Gasteiger partial charge >= 0.3 is 0 Å². The summed E-state index contributed by atoms with van der Waals surface area (Å²) in [6.45, 7) is 1.60. The molecular weight excluding hydrogens is 134 g/mol. The third-order valence-corrected chi connectivity index (χ3v) is 1.69. The van der Waals surface area contributed by atoms with Crippen molar-refractivity contribution < 1.29 is 14.9 Å². The van der Waals surface area contributed by atoms with Crippen LogP contribution < -0.4 is 5.73 Å². The van der Waals surface area contributed by atoms with Crippen LogP contribution in [-0.2, 0) is 4.74 Å². The second kappa shape index (κ2) is 2.84. The van der Waals surface area contributed by atoms with Crippen molar-refractivity contribution in [1.82, 2.24) is 0 Å². The smallest absolute Gasteiger partial charge is 0.156 e. The second-order valence-electron chi connectivity index (χ2n) is 2.70. The predicted octanol–water partition coefficient (Wildman–Crippen LogP) is -1.20. The standard InChI is InChI=1S/C6H13NO3/c1-3(8)6-4(7)2-5(9)10-6/h3-6,8-9H,2,7H2,1H3/t3?,4-,5?,6-/m0/s1. The third kappa shape index (κ3) is 1.46. The summed E-state index contributed by atoms with van der Waals surface area (Å²) in [4.78, 5) is 0. The maximum Gasteiger partial charge on any atom is 0.156 e. The highest BCUT2D eigenvalue weighted by Gasteiger charge is 2.34. The van der Waals surface area contributed by atoms with Gasteiger partial charge in [-0.2, -0.15) is 0 Å². The van der Waals surface area contributed by atoms with E-state index >= 15 is 0 Å². The maximum atomic E-state index is 9.02. The molecule has 0 aromatic heterocycles. The van der Waals surface area contributed by atoms with Crippen LogP contribution in [0.25, 0.3) is 0 Å². The molecule has 4 nitrogen and oxygen atoms in total. The molecule has 1 aliphatic heterocycles. The molecule has 10 heavy (non-hydrogen) atoms. The van der Waals surface area contributed by atoms with Crippen LogP contribution in [0.15, 0.2) is 0 Å². The van der Waals surface area contributed by atoms with E-state index in [4.69, 9.17) is 20.7 Å². The molecular formula is C6H13NO3. The molecule has 0 aromatic rings. The van der Waals surface area contributed by atoms with Gasteiger partial charge in [-0.05, 0) is 6.92 Å². The lowest BCUT2D eigenvalue weighted by Crippen LogP contribution is -2.38. The first-order valence-corrected chi connectivity index (χ1v) is 3.38. The summed E-state index contributed by atoms with van der Waals surface area (Å²) in [5.74, 6) is 0. The molecule has 4 heteroatoms. The molecule has 0 amide bonds. The van der Waals surface area contributed by atoms with Crippen LogP contribution in [0.5, 0.6) is 0 Å². The van der Waals surface area contributed by atoms with Gasteiger partial charge < -0.3 is 20.7 Å². The Balaban J connectivity index is 2.46. The van der Waals surface area contributed by atoms with Gasteiger partial charge in [0.05, 0.1) is 6.10 Å². The van der Waals surface area contributed by atoms with Gasteiger partial charge in [0.25, 0.3) is 0 Å². The van der Waals surface area contributed by atoms with Crippen LogP contribution in [0.4, 0.5) is 0 Å². The van der Waals surface area contributed by atoms with E-state index in [1.54, 1.807) is 6.92 Å². The van der Waals surface area contributed by atoms with Crippen LogP contribution in [0, 0.1) is 0 Å². The molecule has 0 radical (unpaired) electrons. The summed E-state index contributed by atoms with van der Waals surface area (Å²) in [5, 5.41) is 17.9. The Kier molecular flexibility index (Phi) is 2.25. The molecule has 4 N–H and O–H groups in total. The lowest BCUT2D eigenvalue weighted by molar-refractivity contribution is -0.118. The van der Waals surface area contributed by atoms with Crippen LogP contribution in [0.1, 0.15) is 13.3 Å². The number of aliphatic hydroxyl groups is 2. The Bertz CT molecular complexity index is 118. The lowest BCUT2D eigenvalue weighted by Gasteiger charge is -2.16. The van der Waals surface area contributed by atoms with E-state index in [0.29, 0.717) is 6.42 Å². The summed E-state index contributed by atoms with van der Waals surface area (Å²) in [7, 11) is 0. The van der Waals surface area contributed by atoms with Crippen molar-refractivity contribution in [2.24, 2.45) is 5.73 Å². The molecule has 1 saturated heterocycles. The van der Waals surface area contributed by atoms with Crippen LogP contribution in [0.3, 0.4) is 0 Å². The number of ether oxygens (including phenoxy) is 1. The van der Waals surface area contributed by atoms with Gasteiger partial charge in [-0.15, -0.1) is 0 Å². The van der Waals surface area contributed by atoms with E-state index in [-0.39, 0.29) is 6.04 Å². The minimum Gasteiger partial charge on any atom is -0.391 e. The fourth-order valence-electron chi connectivity index (χ4n) is 1.18. The zero-order valence-electron chi connectivity index (χ0n) is 5.90. The van der Waals surface area contributed by atoms with Crippen molar-refractivity contribution in [1.29, 1.82) is 0 Å². The topological polar surface area (TPSA) is 75.7 Å². The normalized spacial score (nSPS) is 43.8. The van der Waals surface area contributed by atoms with E-state index < -0.39 is 18.5 Å². The van der Waals surface area contributed by atoms with E-state index in [9.17, 15) is 0 Å². The quantitative estimate of drug-likeness (QED) is 0.435. The van der Waals surface area contributed by atoms with Crippen molar-refractivity contribution in [3.05, 3.63) is 0 Å². The Morgan fingerprint density at radius 3 is 2.50 bits per heavy atom. The van der Waals surface area contributed by atoms with Gasteiger partial charge in [0.15, 0.2) is 6.29 Å². The summed E-state index contributed by atoms with van der Waals surface area (Å²) in [6.07, 6.45) is -1.40. The molecule has 0 bridgehead atoms. The minimum atomic E-state index is -0.797. The van der Waals surface area contributed by atoms with Crippen molar-refractivity contribution in [3.63, 3.8) is 0 Å². The average Bonchev–Trinajstić information content (AvgIpc) is 2.10. The van der Waals surface area contributed by atoms with Crippen molar-refractivity contribution >= 4 is 0 Å². The van der Waals surface area contributed by atoms with Gasteiger partial charge in [0.1, 0.15) is 6.10 Å². The third-order valence-electron chi connectivity index (χ3n) is 1.69. The fourth-order valence-corrected chi connectivity index (χ4v) is 1.18. The van der Waals surface area contributed by atoms with E-state index in [2.05, 4.69) is 0 Å². The number of hydrogen-bond acceptors (Lipinski definition) is 4. The van der Waals surface area contributed by atoms with Crippen LogP contribution >= 0.6 is 0 Å². The first-order chi connectivity index (χ1) is 4.61. The minimum absolute atomic E-state index is 0.241. The molecule has 1 heterocycles. The molecule has 1 aliphatic rings. The van der Waals surface area contributed by atoms with Gasteiger partial charge in [0, 0.05) is 12.5 Å². The molecule has 2 unspecified atom stereocenters. The molecule has 1 fully saturated rings. The molecule has 4 atom stereocenters. The summed E-state index contributed by atoms with van der Waals surface area (Å²) in [5.41, 5.74) is 5.53. The number of aliphatic hydroxyl groups excluding tert-OH is 2. The molecule has 60 valence electrons. The Morgan fingerprint density at radius 2 is 2.30 bits per heavy atom. The zero-order chi connectivity index (χ0) is 7.72. The van der Waals surface area contributed by atoms with Crippen LogP contribution in [-0.4, -0.2) is 34.8 Å². The molecule has 0 aromatic carbocycles. The van der Waals surface area contributed by atoms with Gasteiger partial charge in [0.2, 0.25) is 0 Å². The van der Waals surface area contributed by atoms with Crippen molar-refractivity contribution in [3.8, 4) is 0 Å². The summed E-state index contributed by atoms with van der Waals surface area (Å²) in [6, 6.07) is -0.241. The number of rotatable bonds is 1. The summed E-state index contributed by atoms with van der Waals surface area (Å²) < 4.78 is 4.92. The van der Waals surface area contributed by atoms with E-state index in [0.717, 1.165) is 0 Å². The zero-order valence-corrected chi connectivity index (χ0v) is 5.90. The fraction of sp³-hybridized carbons (Fsp3) is 1.00. The van der Waals surface area contributed by atoms with Gasteiger partial charge in [-0.25, -0.2) is 0 Å². The highest BCUT2D eigenvalue weighted by atomic mass is 16.6. The predicted molar refractivity (Wildman–Crippen MR) is 35.2 cm³/mol. The van der Waals surface area contributed by atoms with E-state index in [1.165, 1.54) is 0 Å². The van der Waals surface area contributed by atoms with Crippen molar-refractivity contribution in [2.75, 3.05) is 0 Å². The highest BCUT2D eigenvalue weighted by molar-refractivity contribution is 4.84. The first-order valence-electron chi connectivity index (χ1n) is 3.38. The van der Waals surface area contributed by atoms with Crippen LogP contribution in [0.2, 0.25) is 0 Å². The maximum absolute atomic E-state index is 9.02. The average molecular weight is 147 g/mol. The van der Waals surface area contributed by atoms with E-state index in [1.807, 2.05) is 0 Å². The Hall–Kier alpha value is -0.160. The van der Waals surface area contributed by atoms with Crippen molar-refractivity contribution in [2.45, 2.75) is 37.9 Å². The highest BCUT2D eigenvalue weighted by Crippen LogP contribution is 2.19. The Morgan fingerprint density at radius 1 is 1.70 bits per heavy atom. The number of hydrogen-bond donors (Lipinski definition) is 3. The SMILES string of the molecule is CC(O)[C@@H]1OC(O)C[C@@H]1N. The molecule has 0 aliphatic carbocycles. The molecule has 0 saturated carbocycles. The van der Waals surface area contributed by atoms with Gasteiger partial charge in [-0.3, -0.25) is 0 Å². The molecule has 1 rings (SSSR count). The first kappa shape index (κ1) is 7.94. The second-order valence-corrected chi connectivity index (χ2v) is 2.70. The monoisotopic (exact) mass is 147 g/mol. The number of nitrogens with two attached hydrogens (primary N) is 1. The molecule has 0 spiro atoms. The summed E-state index contributed by atoms with van der Waals surface area (Å²) >= 11 is 0. The largest absolute Gasteiger partial charge is 0.391 e. The van der Waals surface area contributed by atoms with Gasteiger partial charge in [-0.1, -0.05) is 0 Å².